The van der Waals surface area contributed by atoms with Crippen molar-refractivity contribution < 1.29 is 0 Å². The van der Waals surface area contributed by atoms with Crippen LogP contribution in [0, 0.1) is 13.8 Å². The Bertz CT molecular complexity index is 873. The minimum absolute atomic E-state index is 0.334. The molecule has 0 saturated heterocycles. The molecule has 0 radical (unpaired) electrons. The molecule has 9 nitrogen and oxygen atoms in total. The fraction of sp³-hybridized carbons (Fsp3) is 0.143. The average Bonchev–Trinajstić information content (AvgIpc) is 2.95. The Morgan fingerprint density at radius 3 is 2.57 bits per heavy atom. The highest BCUT2D eigenvalue weighted by atomic mass is 15.3. The third-order valence-electron chi connectivity index (χ3n) is 3.00. The maximum Gasteiger partial charge on any atom is 0.249 e. The van der Waals surface area contributed by atoms with Crippen molar-refractivity contribution in [3.8, 4) is 11.4 Å². The number of benzene rings is 1. The van der Waals surface area contributed by atoms with Crippen molar-refractivity contribution in [1.82, 2.24) is 25.1 Å². The highest BCUT2D eigenvalue weighted by Crippen LogP contribution is 2.28. The van der Waals surface area contributed by atoms with Gasteiger partial charge in [0.1, 0.15) is 0 Å². The van der Waals surface area contributed by atoms with Gasteiger partial charge in [0.15, 0.2) is 5.82 Å². The molecule has 2 aromatic heterocycles. The van der Waals surface area contributed by atoms with Gasteiger partial charge in [0.25, 0.3) is 0 Å². The molecule has 0 aliphatic carbocycles. The standard InChI is InChI=1S/C14H13N9/c1-8-7-9(2)17-13(16-8)19-14-18-12(21-22-14)10-5-3-4-6-11(10)20-23-15/h3-7H,1-2H3,(H2,16,17,18,19,21,22). The van der Waals surface area contributed by atoms with E-state index in [2.05, 4.69) is 40.5 Å². The van der Waals surface area contributed by atoms with E-state index in [1.165, 1.54) is 0 Å². The first-order chi connectivity index (χ1) is 11.2. The molecule has 0 aliphatic heterocycles. The number of hydrogen-bond donors (Lipinski definition) is 2. The molecule has 0 saturated carbocycles. The molecular weight excluding hydrogens is 294 g/mol. The van der Waals surface area contributed by atoms with E-state index in [-0.39, 0.29) is 0 Å². The van der Waals surface area contributed by atoms with Gasteiger partial charge in [-0.15, -0.1) is 5.10 Å². The number of anilines is 2. The Hall–Kier alpha value is -3.45. The van der Waals surface area contributed by atoms with Crippen molar-refractivity contribution in [1.29, 1.82) is 0 Å². The smallest absolute Gasteiger partial charge is 0.249 e. The van der Waals surface area contributed by atoms with Crippen molar-refractivity contribution in [2.24, 2.45) is 5.11 Å². The topological polar surface area (TPSA) is 128 Å². The molecule has 2 heterocycles. The van der Waals surface area contributed by atoms with Crippen LogP contribution in [0.2, 0.25) is 0 Å². The Balaban J connectivity index is 1.90. The van der Waals surface area contributed by atoms with Crippen LogP contribution >= 0.6 is 0 Å². The number of hydrogen-bond acceptors (Lipinski definition) is 6. The van der Waals surface area contributed by atoms with Crippen molar-refractivity contribution in [3.05, 3.63) is 52.2 Å². The highest BCUT2D eigenvalue weighted by Gasteiger charge is 2.10. The fourth-order valence-corrected chi connectivity index (χ4v) is 2.13. The van der Waals surface area contributed by atoms with E-state index in [1.54, 1.807) is 18.2 Å². The van der Waals surface area contributed by atoms with Crippen LogP contribution in [0.5, 0.6) is 0 Å². The van der Waals surface area contributed by atoms with Crippen LogP contribution in [0.15, 0.2) is 35.4 Å². The average molecular weight is 307 g/mol. The van der Waals surface area contributed by atoms with Crippen LogP contribution in [0.25, 0.3) is 21.8 Å². The molecule has 0 spiro atoms. The first-order valence-corrected chi connectivity index (χ1v) is 6.82. The number of rotatable bonds is 4. The van der Waals surface area contributed by atoms with Crippen molar-refractivity contribution in [2.75, 3.05) is 5.32 Å². The summed E-state index contributed by atoms with van der Waals surface area (Å²) in [5, 5.41) is 13.5. The minimum Gasteiger partial charge on any atom is -0.291 e. The summed E-state index contributed by atoms with van der Waals surface area (Å²) in [5.41, 5.74) is 11.5. The van der Waals surface area contributed by atoms with Crippen LogP contribution < -0.4 is 5.32 Å². The van der Waals surface area contributed by atoms with Crippen molar-refractivity contribution in [2.45, 2.75) is 13.8 Å². The lowest BCUT2D eigenvalue weighted by Crippen LogP contribution is -2.01. The number of nitrogens with one attached hydrogen (secondary N) is 2. The summed E-state index contributed by atoms with van der Waals surface area (Å²) in [6.45, 7) is 3.78. The summed E-state index contributed by atoms with van der Waals surface area (Å²) < 4.78 is 0. The molecule has 0 fully saturated rings. The van der Waals surface area contributed by atoms with Crippen LogP contribution in [0.1, 0.15) is 11.4 Å². The van der Waals surface area contributed by atoms with Gasteiger partial charge >= 0.3 is 0 Å². The van der Waals surface area contributed by atoms with E-state index in [0.717, 1.165) is 11.4 Å². The van der Waals surface area contributed by atoms with E-state index in [4.69, 9.17) is 5.53 Å². The van der Waals surface area contributed by atoms with Crippen molar-refractivity contribution >= 4 is 17.6 Å². The second-order valence-corrected chi connectivity index (χ2v) is 4.81. The number of aryl methyl sites for hydroxylation is 2. The molecule has 0 unspecified atom stereocenters. The Morgan fingerprint density at radius 2 is 1.83 bits per heavy atom. The van der Waals surface area contributed by atoms with Crippen molar-refractivity contribution in [3.63, 3.8) is 0 Å². The number of H-pyrrole nitrogens is 1. The molecule has 0 amide bonds. The first kappa shape index (κ1) is 14.5. The van der Waals surface area contributed by atoms with E-state index < -0.39 is 0 Å². The SMILES string of the molecule is Cc1cc(C)nc(Nc2n[nH]c(-c3ccccc3N=[N+]=[N-])n2)n1. The summed E-state index contributed by atoms with van der Waals surface area (Å²) in [5.74, 6) is 1.25. The lowest BCUT2D eigenvalue weighted by molar-refractivity contribution is 1.04. The number of azide groups is 1. The van der Waals surface area contributed by atoms with Gasteiger partial charge in [-0.3, -0.25) is 10.4 Å². The van der Waals surface area contributed by atoms with Crippen LogP contribution in [-0.2, 0) is 0 Å². The van der Waals surface area contributed by atoms with Gasteiger partial charge in [-0.1, -0.05) is 29.4 Å². The largest absolute Gasteiger partial charge is 0.291 e. The zero-order chi connectivity index (χ0) is 16.2. The summed E-state index contributed by atoms with van der Waals surface area (Å²) in [6, 6.07) is 8.99. The highest BCUT2D eigenvalue weighted by molar-refractivity contribution is 5.71. The predicted octanol–water partition coefficient (Wildman–Crippen LogP) is 3.56. The normalized spacial score (nSPS) is 10.2. The summed E-state index contributed by atoms with van der Waals surface area (Å²) in [4.78, 5) is 15.7. The number of nitrogens with zero attached hydrogens (tertiary/aromatic N) is 7. The van der Waals surface area contributed by atoms with Gasteiger partial charge in [-0.05, 0) is 25.4 Å². The zero-order valence-electron chi connectivity index (χ0n) is 12.5. The van der Waals surface area contributed by atoms with Gasteiger partial charge in [-0.2, -0.15) is 4.98 Å². The fourth-order valence-electron chi connectivity index (χ4n) is 2.13. The first-order valence-electron chi connectivity index (χ1n) is 6.82. The van der Waals surface area contributed by atoms with E-state index >= 15 is 0 Å². The molecule has 0 bridgehead atoms. The quantitative estimate of drug-likeness (QED) is 0.432. The van der Waals surface area contributed by atoms with Crippen LogP contribution in [0.3, 0.4) is 0 Å². The Morgan fingerprint density at radius 1 is 1.09 bits per heavy atom. The molecule has 0 aliphatic rings. The molecule has 0 atom stereocenters. The zero-order valence-corrected chi connectivity index (χ0v) is 12.5. The minimum atomic E-state index is 0.334. The van der Waals surface area contributed by atoms with Gasteiger partial charge in [0.05, 0.1) is 0 Å². The van der Waals surface area contributed by atoms with E-state index in [0.29, 0.717) is 29.0 Å². The second-order valence-electron chi connectivity index (χ2n) is 4.81. The number of aromatic nitrogens is 5. The third-order valence-corrected chi connectivity index (χ3v) is 3.00. The summed E-state index contributed by atoms with van der Waals surface area (Å²) >= 11 is 0. The van der Waals surface area contributed by atoms with E-state index in [9.17, 15) is 0 Å². The Labute approximate surface area is 131 Å². The van der Waals surface area contributed by atoms with Crippen LogP contribution in [-0.4, -0.2) is 25.1 Å². The lowest BCUT2D eigenvalue weighted by atomic mass is 10.2. The third kappa shape index (κ3) is 3.25. The lowest BCUT2D eigenvalue weighted by Gasteiger charge is -2.02. The molecular formula is C14H13N9. The molecule has 23 heavy (non-hydrogen) atoms. The van der Waals surface area contributed by atoms with Gasteiger partial charge in [-0.25, -0.2) is 9.97 Å². The van der Waals surface area contributed by atoms with Gasteiger partial charge in [0.2, 0.25) is 11.9 Å². The molecule has 3 rings (SSSR count). The molecule has 9 heteroatoms. The monoisotopic (exact) mass is 307 g/mol. The molecule has 114 valence electrons. The van der Waals surface area contributed by atoms with Gasteiger partial charge in [0, 0.05) is 27.6 Å². The Kier molecular flexibility index (Phi) is 3.86. The van der Waals surface area contributed by atoms with E-state index in [1.807, 2.05) is 26.0 Å². The van der Waals surface area contributed by atoms with Gasteiger partial charge < -0.3 is 0 Å². The summed E-state index contributed by atoms with van der Waals surface area (Å²) in [6.07, 6.45) is 0. The maximum atomic E-state index is 8.63. The second kappa shape index (κ2) is 6.12. The van der Waals surface area contributed by atoms with Crippen LogP contribution in [0.4, 0.5) is 17.6 Å². The molecule has 3 aromatic rings. The molecule has 2 N–H and O–H groups in total. The molecule has 1 aromatic carbocycles. The number of aromatic amines is 1. The summed E-state index contributed by atoms with van der Waals surface area (Å²) in [7, 11) is 0. The maximum absolute atomic E-state index is 8.63. The predicted molar refractivity (Wildman–Crippen MR) is 85.4 cm³/mol.